The number of aromatic nitrogens is 2. The van der Waals surface area contributed by atoms with Crippen molar-refractivity contribution in [3.8, 4) is 0 Å². The molecule has 0 unspecified atom stereocenters. The van der Waals surface area contributed by atoms with Crippen LogP contribution in [0.4, 0.5) is 5.82 Å². The lowest BCUT2D eigenvalue weighted by molar-refractivity contribution is -0.128. The van der Waals surface area contributed by atoms with Crippen molar-refractivity contribution in [2.24, 2.45) is 5.73 Å². The first kappa shape index (κ1) is 13.9. The molecule has 1 fully saturated rings. The Morgan fingerprint density at radius 2 is 2.14 bits per heavy atom. The molecule has 112 valence electrons. The van der Waals surface area contributed by atoms with Gasteiger partial charge in [-0.05, 0) is 18.6 Å². The molecule has 0 spiro atoms. The SMILES string of the molecule is CC(=O)N1CCCN(c2nc3ccccn3c2CN)CC1. The van der Waals surface area contributed by atoms with Crippen LogP contribution < -0.4 is 10.6 Å². The molecular formula is C15H21N5O. The fourth-order valence-electron chi connectivity index (χ4n) is 2.92. The van der Waals surface area contributed by atoms with Gasteiger partial charge in [-0.3, -0.25) is 4.79 Å². The number of fused-ring (bicyclic) bond motifs is 1. The second kappa shape index (κ2) is 5.73. The fraction of sp³-hybridized carbons (Fsp3) is 0.467. The first-order valence-electron chi connectivity index (χ1n) is 7.37. The van der Waals surface area contributed by atoms with E-state index in [-0.39, 0.29) is 5.91 Å². The van der Waals surface area contributed by atoms with Gasteiger partial charge in [0.1, 0.15) is 5.65 Å². The van der Waals surface area contributed by atoms with Gasteiger partial charge in [-0.15, -0.1) is 0 Å². The first-order valence-corrected chi connectivity index (χ1v) is 7.37. The second-order valence-corrected chi connectivity index (χ2v) is 5.36. The molecule has 2 aromatic rings. The van der Waals surface area contributed by atoms with Crippen LogP contribution in [0.2, 0.25) is 0 Å². The number of nitrogens with two attached hydrogens (primary N) is 1. The normalized spacial score (nSPS) is 16.3. The Morgan fingerprint density at radius 1 is 1.29 bits per heavy atom. The molecule has 3 heterocycles. The molecule has 6 nitrogen and oxygen atoms in total. The molecule has 1 aliphatic rings. The molecule has 0 aliphatic carbocycles. The summed E-state index contributed by atoms with van der Waals surface area (Å²) in [6.07, 6.45) is 2.95. The molecule has 21 heavy (non-hydrogen) atoms. The van der Waals surface area contributed by atoms with Crippen molar-refractivity contribution >= 4 is 17.4 Å². The lowest BCUT2D eigenvalue weighted by Crippen LogP contribution is -2.34. The quantitative estimate of drug-likeness (QED) is 0.889. The lowest BCUT2D eigenvalue weighted by atomic mass is 10.3. The number of anilines is 1. The highest BCUT2D eigenvalue weighted by atomic mass is 16.2. The zero-order valence-corrected chi connectivity index (χ0v) is 12.3. The van der Waals surface area contributed by atoms with E-state index >= 15 is 0 Å². The summed E-state index contributed by atoms with van der Waals surface area (Å²) in [5.74, 6) is 1.10. The van der Waals surface area contributed by atoms with Crippen LogP contribution in [-0.2, 0) is 11.3 Å². The van der Waals surface area contributed by atoms with Gasteiger partial charge >= 0.3 is 0 Å². The average Bonchev–Trinajstić information content (AvgIpc) is 2.68. The van der Waals surface area contributed by atoms with Gasteiger partial charge in [-0.25, -0.2) is 4.98 Å². The highest BCUT2D eigenvalue weighted by molar-refractivity contribution is 5.73. The van der Waals surface area contributed by atoms with E-state index in [1.165, 1.54) is 0 Å². The smallest absolute Gasteiger partial charge is 0.219 e. The maximum absolute atomic E-state index is 11.5. The van der Waals surface area contributed by atoms with E-state index < -0.39 is 0 Å². The van der Waals surface area contributed by atoms with Gasteiger partial charge in [0, 0.05) is 45.8 Å². The molecule has 0 saturated carbocycles. The minimum Gasteiger partial charge on any atom is -0.353 e. The van der Waals surface area contributed by atoms with E-state index in [0.29, 0.717) is 6.54 Å². The van der Waals surface area contributed by atoms with Crippen LogP contribution >= 0.6 is 0 Å². The number of carbonyl (C=O) groups is 1. The van der Waals surface area contributed by atoms with E-state index in [2.05, 4.69) is 4.90 Å². The molecule has 3 rings (SSSR count). The van der Waals surface area contributed by atoms with Crippen molar-refractivity contribution in [1.82, 2.24) is 14.3 Å². The number of rotatable bonds is 2. The third-order valence-corrected chi connectivity index (χ3v) is 4.04. The topological polar surface area (TPSA) is 66.9 Å². The van der Waals surface area contributed by atoms with Gasteiger partial charge in [-0.1, -0.05) is 6.07 Å². The largest absolute Gasteiger partial charge is 0.353 e. The Hall–Kier alpha value is -2.08. The van der Waals surface area contributed by atoms with Gasteiger partial charge in [-0.2, -0.15) is 0 Å². The number of pyridine rings is 1. The van der Waals surface area contributed by atoms with Crippen molar-refractivity contribution < 1.29 is 4.79 Å². The number of hydrogen-bond acceptors (Lipinski definition) is 4. The van der Waals surface area contributed by atoms with Crippen molar-refractivity contribution in [2.45, 2.75) is 19.9 Å². The molecule has 2 aromatic heterocycles. The minimum atomic E-state index is 0.144. The maximum Gasteiger partial charge on any atom is 0.219 e. The summed E-state index contributed by atoms with van der Waals surface area (Å²) >= 11 is 0. The van der Waals surface area contributed by atoms with Crippen LogP contribution in [0, 0.1) is 0 Å². The predicted octanol–water partition coefficient (Wildman–Crippen LogP) is 0.852. The Balaban J connectivity index is 1.91. The summed E-state index contributed by atoms with van der Waals surface area (Å²) in [4.78, 5) is 20.4. The van der Waals surface area contributed by atoms with Gasteiger partial charge < -0.3 is 19.9 Å². The van der Waals surface area contributed by atoms with Crippen LogP contribution in [0.3, 0.4) is 0 Å². The van der Waals surface area contributed by atoms with Crippen molar-refractivity contribution in [2.75, 3.05) is 31.1 Å². The van der Waals surface area contributed by atoms with Gasteiger partial charge in [0.05, 0.1) is 5.69 Å². The van der Waals surface area contributed by atoms with Crippen LogP contribution in [0.1, 0.15) is 19.0 Å². The van der Waals surface area contributed by atoms with E-state index in [0.717, 1.165) is 49.8 Å². The summed E-state index contributed by atoms with van der Waals surface area (Å²) in [6.45, 7) is 5.35. The number of imidazole rings is 1. The van der Waals surface area contributed by atoms with E-state index in [9.17, 15) is 4.79 Å². The van der Waals surface area contributed by atoms with E-state index in [1.54, 1.807) is 6.92 Å². The van der Waals surface area contributed by atoms with Gasteiger partial charge in [0.15, 0.2) is 5.82 Å². The standard InChI is InChI=1S/C15H21N5O/c1-12(21)18-6-4-7-19(10-9-18)15-13(11-16)20-8-3-2-5-14(20)17-15/h2-3,5,8H,4,6-7,9-11,16H2,1H3. The van der Waals surface area contributed by atoms with Crippen molar-refractivity contribution in [1.29, 1.82) is 0 Å². The first-order chi connectivity index (χ1) is 10.2. The maximum atomic E-state index is 11.5. The molecule has 1 aliphatic heterocycles. The molecule has 0 bridgehead atoms. The highest BCUT2D eigenvalue weighted by Crippen LogP contribution is 2.22. The summed E-state index contributed by atoms with van der Waals surface area (Å²) in [7, 11) is 0. The monoisotopic (exact) mass is 287 g/mol. The van der Waals surface area contributed by atoms with E-state index in [4.69, 9.17) is 10.7 Å². The van der Waals surface area contributed by atoms with Gasteiger partial charge in [0.2, 0.25) is 5.91 Å². The predicted molar refractivity (Wildman–Crippen MR) is 82.2 cm³/mol. The molecular weight excluding hydrogens is 266 g/mol. The van der Waals surface area contributed by atoms with E-state index in [1.807, 2.05) is 33.7 Å². The van der Waals surface area contributed by atoms with Crippen molar-refractivity contribution in [3.63, 3.8) is 0 Å². The Kier molecular flexibility index (Phi) is 3.79. The van der Waals surface area contributed by atoms with Gasteiger partial charge in [0.25, 0.3) is 0 Å². The molecule has 0 radical (unpaired) electrons. The highest BCUT2D eigenvalue weighted by Gasteiger charge is 2.21. The second-order valence-electron chi connectivity index (χ2n) is 5.36. The number of nitrogens with zero attached hydrogens (tertiary/aromatic N) is 4. The Bertz CT molecular complexity index is 651. The van der Waals surface area contributed by atoms with Crippen LogP contribution in [-0.4, -0.2) is 46.4 Å². The zero-order valence-electron chi connectivity index (χ0n) is 12.3. The summed E-state index contributed by atoms with van der Waals surface area (Å²) < 4.78 is 2.04. The van der Waals surface area contributed by atoms with Crippen LogP contribution in [0.5, 0.6) is 0 Å². The number of carbonyl (C=O) groups excluding carboxylic acids is 1. The summed E-state index contributed by atoms with van der Waals surface area (Å²) in [6, 6.07) is 5.95. The molecule has 6 heteroatoms. The number of hydrogen-bond donors (Lipinski definition) is 1. The zero-order chi connectivity index (χ0) is 14.8. The lowest BCUT2D eigenvalue weighted by Gasteiger charge is -2.22. The molecule has 0 atom stereocenters. The summed E-state index contributed by atoms with van der Waals surface area (Å²) in [5, 5.41) is 0. The third-order valence-electron chi connectivity index (χ3n) is 4.04. The molecule has 2 N–H and O–H groups in total. The van der Waals surface area contributed by atoms with Crippen molar-refractivity contribution in [3.05, 3.63) is 30.1 Å². The summed E-state index contributed by atoms with van der Waals surface area (Å²) in [5.41, 5.74) is 7.88. The molecule has 1 saturated heterocycles. The molecule has 1 amide bonds. The Morgan fingerprint density at radius 3 is 2.90 bits per heavy atom. The van der Waals surface area contributed by atoms with Crippen LogP contribution in [0.15, 0.2) is 24.4 Å². The third kappa shape index (κ3) is 2.58. The number of amides is 1. The average molecular weight is 287 g/mol. The Labute approximate surface area is 124 Å². The minimum absolute atomic E-state index is 0.144. The fourth-order valence-corrected chi connectivity index (χ4v) is 2.92. The van der Waals surface area contributed by atoms with Crippen LogP contribution in [0.25, 0.3) is 5.65 Å². The molecule has 0 aromatic carbocycles.